The Balaban J connectivity index is 1.78. The molecule has 7 nitrogen and oxygen atoms in total. The van der Waals surface area contributed by atoms with E-state index >= 15 is 0 Å². The van der Waals surface area contributed by atoms with Gasteiger partial charge in [0.05, 0.1) is 10.5 Å². The van der Waals surface area contributed by atoms with Gasteiger partial charge in [-0.25, -0.2) is 9.78 Å². The van der Waals surface area contributed by atoms with Gasteiger partial charge in [-0.15, -0.1) is 0 Å². The number of anilines is 1. The number of alkyl carbamates (subject to hydrolysis) is 1. The number of hydrogen-bond acceptors (Lipinski definition) is 5. The van der Waals surface area contributed by atoms with Crippen molar-refractivity contribution in [1.29, 1.82) is 0 Å². The van der Waals surface area contributed by atoms with Crippen molar-refractivity contribution in [2.75, 3.05) is 12.3 Å². The van der Waals surface area contributed by atoms with Crippen LogP contribution in [0.2, 0.25) is 5.15 Å². The first-order chi connectivity index (χ1) is 14.1. The van der Waals surface area contributed by atoms with Crippen LogP contribution in [0.4, 0.5) is 10.6 Å². The summed E-state index contributed by atoms with van der Waals surface area (Å²) < 4.78 is 11.9. The predicted octanol–water partition coefficient (Wildman–Crippen LogP) is 5.08. The Hall–Kier alpha value is -2.45. The molecule has 2 aromatic heterocycles. The summed E-state index contributed by atoms with van der Waals surface area (Å²) >= 11 is 9.27. The Morgan fingerprint density at radius 1 is 1.37 bits per heavy atom. The Labute approximate surface area is 188 Å². The molecule has 0 aliphatic heterocycles. The van der Waals surface area contributed by atoms with Crippen LogP contribution in [0, 0.1) is 0 Å². The monoisotopic (exact) mass is 494 g/mol. The number of ether oxygens (including phenoxy) is 2. The smallest absolute Gasteiger partial charge is 0.408 e. The highest BCUT2D eigenvalue weighted by Crippen LogP contribution is 2.29. The number of nitrogens with two attached hydrogens (primary N) is 1. The van der Waals surface area contributed by atoms with Crippen molar-refractivity contribution in [2.45, 2.75) is 38.8 Å². The molecule has 160 valence electrons. The maximum absolute atomic E-state index is 12.4. The van der Waals surface area contributed by atoms with Gasteiger partial charge in [0.25, 0.3) is 0 Å². The van der Waals surface area contributed by atoms with E-state index in [-0.39, 0.29) is 23.6 Å². The number of halogens is 2. The van der Waals surface area contributed by atoms with E-state index in [1.165, 1.54) is 0 Å². The molecule has 0 saturated heterocycles. The molecule has 0 bridgehead atoms. The number of nitrogens with one attached hydrogen (secondary N) is 2. The van der Waals surface area contributed by atoms with Crippen molar-refractivity contribution >= 4 is 50.3 Å². The van der Waals surface area contributed by atoms with Crippen LogP contribution in [-0.4, -0.2) is 34.3 Å². The molecule has 0 radical (unpaired) electrons. The molecular weight excluding hydrogens is 472 g/mol. The van der Waals surface area contributed by atoms with Crippen molar-refractivity contribution in [1.82, 2.24) is 15.3 Å². The lowest BCUT2D eigenvalue weighted by Gasteiger charge is -2.24. The van der Waals surface area contributed by atoms with Crippen LogP contribution in [0.1, 0.15) is 26.3 Å². The molecule has 0 saturated carbocycles. The molecular formula is C21H24BrClN4O3. The first kappa shape index (κ1) is 22.2. The van der Waals surface area contributed by atoms with E-state index in [2.05, 4.69) is 31.2 Å². The van der Waals surface area contributed by atoms with Crippen LogP contribution < -0.4 is 15.8 Å². The molecule has 1 amide bonds. The Morgan fingerprint density at radius 2 is 2.10 bits per heavy atom. The van der Waals surface area contributed by atoms with E-state index in [1.54, 1.807) is 6.07 Å². The maximum Gasteiger partial charge on any atom is 0.408 e. The number of H-pyrrole nitrogens is 1. The van der Waals surface area contributed by atoms with Crippen molar-refractivity contribution in [3.63, 3.8) is 0 Å². The Bertz CT molecular complexity index is 1050. The first-order valence-corrected chi connectivity index (χ1v) is 10.6. The molecule has 4 N–H and O–H groups in total. The van der Waals surface area contributed by atoms with Crippen LogP contribution in [0.15, 0.2) is 41.0 Å². The second-order valence-corrected chi connectivity index (χ2v) is 9.07. The highest BCUT2D eigenvalue weighted by molar-refractivity contribution is 9.10. The third-order valence-electron chi connectivity index (χ3n) is 4.23. The summed E-state index contributed by atoms with van der Waals surface area (Å²) in [5.41, 5.74) is 7.39. The largest absolute Gasteiger partial charge is 0.488 e. The number of nitrogen functional groups attached to an aromatic ring is 1. The third-order valence-corrected chi connectivity index (χ3v) is 5.35. The van der Waals surface area contributed by atoms with Crippen LogP contribution in [0.3, 0.4) is 0 Å². The molecule has 30 heavy (non-hydrogen) atoms. The van der Waals surface area contributed by atoms with Crippen LogP contribution >= 0.6 is 27.5 Å². The number of fused-ring (bicyclic) bond motifs is 1. The number of carbonyl (C=O) groups is 1. The molecule has 3 rings (SSSR count). The number of nitrogens with zero attached hydrogens (tertiary/aromatic N) is 1. The minimum Gasteiger partial charge on any atom is -0.488 e. The summed E-state index contributed by atoms with van der Waals surface area (Å²) in [5.74, 6) is 0.549. The third kappa shape index (κ3) is 5.79. The lowest BCUT2D eigenvalue weighted by atomic mass is 10.1. The van der Waals surface area contributed by atoms with Gasteiger partial charge in [-0.3, -0.25) is 0 Å². The standard InChI is InChI=1S/C21H24BrClN4O3/c1-21(2,3)30-20(28)26-13(8-12-10-25-16-7-5-4-6-14(12)16)11-29-17-9-15(22)18(23)27-19(17)24/h4-7,9-10,13,25H,8,11H2,1-3H3,(H2,24,27)(H,26,28)/t13-/m0/s1. The maximum atomic E-state index is 12.4. The number of pyridine rings is 1. The van der Waals surface area contributed by atoms with Gasteiger partial charge in [-0.1, -0.05) is 29.8 Å². The predicted molar refractivity (Wildman–Crippen MR) is 122 cm³/mol. The zero-order chi connectivity index (χ0) is 21.9. The highest BCUT2D eigenvalue weighted by Gasteiger charge is 2.22. The van der Waals surface area contributed by atoms with Crippen molar-refractivity contribution < 1.29 is 14.3 Å². The molecule has 1 atom stereocenters. The van der Waals surface area contributed by atoms with E-state index in [4.69, 9.17) is 26.8 Å². The molecule has 0 unspecified atom stereocenters. The summed E-state index contributed by atoms with van der Waals surface area (Å²) in [6.07, 6.45) is 1.95. The fraction of sp³-hybridized carbons (Fsp3) is 0.333. The highest BCUT2D eigenvalue weighted by atomic mass is 79.9. The number of hydrogen-bond donors (Lipinski definition) is 3. The van der Waals surface area contributed by atoms with Crippen LogP contribution in [-0.2, 0) is 11.2 Å². The van der Waals surface area contributed by atoms with Gasteiger partial charge in [-0.05, 0) is 54.8 Å². The van der Waals surface area contributed by atoms with E-state index in [0.29, 0.717) is 16.6 Å². The van der Waals surface area contributed by atoms with Crippen LogP contribution in [0.5, 0.6) is 5.75 Å². The average Bonchev–Trinajstić information content (AvgIpc) is 3.05. The normalized spacial score (nSPS) is 12.6. The molecule has 0 aliphatic rings. The second kappa shape index (κ2) is 9.14. The molecule has 2 heterocycles. The molecule has 9 heteroatoms. The van der Waals surface area contributed by atoms with E-state index in [1.807, 2.05) is 51.2 Å². The van der Waals surface area contributed by atoms with E-state index in [9.17, 15) is 4.79 Å². The number of aromatic nitrogens is 2. The molecule has 0 aliphatic carbocycles. The number of rotatable bonds is 6. The van der Waals surface area contributed by atoms with Gasteiger partial charge in [0.15, 0.2) is 11.6 Å². The quantitative estimate of drug-likeness (QED) is 0.414. The topological polar surface area (TPSA) is 102 Å². The van der Waals surface area contributed by atoms with Crippen molar-refractivity contribution in [3.05, 3.63) is 51.7 Å². The molecule has 0 spiro atoms. The number of carbonyl (C=O) groups excluding carboxylic acids is 1. The van der Waals surface area contributed by atoms with Gasteiger partial charge < -0.3 is 25.5 Å². The zero-order valence-electron chi connectivity index (χ0n) is 17.0. The molecule has 3 aromatic rings. The minimum absolute atomic E-state index is 0.165. The van der Waals surface area contributed by atoms with Gasteiger partial charge >= 0.3 is 6.09 Å². The number of amides is 1. The Kier molecular flexibility index (Phi) is 6.77. The fourth-order valence-corrected chi connectivity index (χ4v) is 3.40. The van der Waals surface area contributed by atoms with Gasteiger partial charge in [0.2, 0.25) is 0 Å². The Morgan fingerprint density at radius 3 is 2.83 bits per heavy atom. The van der Waals surface area contributed by atoms with Crippen molar-refractivity contribution in [3.8, 4) is 5.75 Å². The fourth-order valence-electron chi connectivity index (χ4n) is 2.96. The summed E-state index contributed by atoms with van der Waals surface area (Å²) in [4.78, 5) is 19.7. The lowest BCUT2D eigenvalue weighted by molar-refractivity contribution is 0.0488. The van der Waals surface area contributed by atoms with Gasteiger partial charge in [-0.2, -0.15) is 0 Å². The number of aromatic amines is 1. The number of benzene rings is 1. The second-order valence-electron chi connectivity index (χ2n) is 7.86. The average molecular weight is 496 g/mol. The van der Waals surface area contributed by atoms with Crippen molar-refractivity contribution in [2.24, 2.45) is 0 Å². The van der Waals surface area contributed by atoms with E-state index < -0.39 is 11.7 Å². The summed E-state index contributed by atoms with van der Waals surface area (Å²) in [6.45, 7) is 5.61. The molecule has 0 fully saturated rings. The van der Waals surface area contributed by atoms with Gasteiger partial charge in [0.1, 0.15) is 17.4 Å². The van der Waals surface area contributed by atoms with Gasteiger partial charge in [0, 0.05) is 23.2 Å². The lowest BCUT2D eigenvalue weighted by Crippen LogP contribution is -2.43. The first-order valence-electron chi connectivity index (χ1n) is 9.41. The zero-order valence-corrected chi connectivity index (χ0v) is 19.3. The molecule has 1 aromatic carbocycles. The van der Waals surface area contributed by atoms with E-state index in [0.717, 1.165) is 16.5 Å². The number of para-hydroxylation sites is 1. The summed E-state index contributed by atoms with van der Waals surface area (Å²) in [6, 6.07) is 9.27. The van der Waals surface area contributed by atoms with Crippen LogP contribution in [0.25, 0.3) is 10.9 Å². The minimum atomic E-state index is -0.605. The summed E-state index contributed by atoms with van der Waals surface area (Å²) in [7, 11) is 0. The SMILES string of the molecule is CC(C)(C)OC(=O)N[C@H](COc1cc(Br)c(Cl)nc1N)Cc1c[nH]c2ccccc12. The summed E-state index contributed by atoms with van der Waals surface area (Å²) in [5, 5.41) is 4.23.